The fraction of sp³-hybridized carbons (Fsp3) is 0.609. The highest BCUT2D eigenvalue weighted by Gasteiger charge is 2.22. The van der Waals surface area contributed by atoms with Gasteiger partial charge in [-0.05, 0) is 44.9 Å². The molecule has 0 aliphatic rings. The maximum atomic E-state index is 11.7. The summed E-state index contributed by atoms with van der Waals surface area (Å²) < 4.78 is 25.5. The van der Waals surface area contributed by atoms with E-state index in [1.807, 2.05) is 0 Å². The Labute approximate surface area is 192 Å². The normalized spacial score (nSPS) is 15.2. The molecule has 8 nitrogen and oxygen atoms in total. The molecule has 0 aliphatic carbocycles. The number of phosphoric ester groups is 1. The highest BCUT2D eigenvalue weighted by atomic mass is 31.2. The topological polar surface area (TPSA) is 128 Å². The van der Waals surface area contributed by atoms with E-state index in [2.05, 4.69) is 64.6 Å². The Hall–Kier alpha value is -1.54. The summed E-state index contributed by atoms with van der Waals surface area (Å²) in [5, 5.41) is 9.66. The van der Waals surface area contributed by atoms with Crippen LogP contribution in [0.25, 0.3) is 0 Å². The average Bonchev–Trinajstić information content (AvgIpc) is 2.77. The van der Waals surface area contributed by atoms with Crippen LogP contribution in [0.1, 0.15) is 58.3 Å². The molecule has 0 saturated heterocycles. The Balaban J connectivity index is 3.67. The quantitative estimate of drug-likeness (QED) is 0.103. The minimum atomic E-state index is -4.25. The molecular weight excluding hydrogens is 433 g/mol. The first kappa shape index (κ1) is 30.5. The lowest BCUT2D eigenvalue weighted by Gasteiger charge is -2.15. The van der Waals surface area contributed by atoms with Crippen LogP contribution in [0.5, 0.6) is 0 Å². The highest BCUT2D eigenvalue weighted by molar-refractivity contribution is 7.47. The third kappa shape index (κ3) is 21.7. The van der Waals surface area contributed by atoms with E-state index in [9.17, 15) is 19.4 Å². The van der Waals surface area contributed by atoms with E-state index < -0.39 is 26.5 Å². The van der Waals surface area contributed by atoms with Crippen LogP contribution in [0, 0.1) is 0 Å². The molecule has 1 unspecified atom stereocenters. The van der Waals surface area contributed by atoms with Crippen molar-refractivity contribution >= 4 is 13.8 Å². The minimum Gasteiger partial charge on any atom is -0.463 e. The van der Waals surface area contributed by atoms with Gasteiger partial charge in [0.2, 0.25) is 0 Å². The van der Waals surface area contributed by atoms with Crippen LogP contribution in [-0.4, -0.2) is 48.4 Å². The molecule has 0 fully saturated rings. The van der Waals surface area contributed by atoms with Crippen molar-refractivity contribution in [1.82, 2.24) is 0 Å². The molecule has 0 heterocycles. The van der Waals surface area contributed by atoms with Gasteiger partial charge in [-0.3, -0.25) is 13.8 Å². The number of carbonyl (C=O) groups is 1. The molecule has 0 aromatic carbocycles. The van der Waals surface area contributed by atoms with Crippen LogP contribution in [0.2, 0.25) is 0 Å². The molecule has 0 radical (unpaired) electrons. The first-order valence-corrected chi connectivity index (χ1v) is 12.7. The number of allylic oxidation sites excluding steroid dienone is 8. The van der Waals surface area contributed by atoms with Crippen LogP contribution in [-0.2, 0) is 23.1 Å². The van der Waals surface area contributed by atoms with E-state index in [1.54, 1.807) is 0 Å². The summed E-state index contributed by atoms with van der Waals surface area (Å²) in [6, 6.07) is 0. The van der Waals surface area contributed by atoms with E-state index >= 15 is 0 Å². The number of hydrogen-bond donors (Lipinski definition) is 3. The van der Waals surface area contributed by atoms with E-state index in [0.717, 1.165) is 38.5 Å². The molecule has 0 aliphatic heterocycles. The molecule has 32 heavy (non-hydrogen) atoms. The SMILES string of the molecule is CC/C=C/C/C=C/C/C=C/C/C=C/CCCCC(=O)OC[C@@H](O)COP(=O)(O)OCCN. The van der Waals surface area contributed by atoms with Crippen molar-refractivity contribution in [3.05, 3.63) is 48.6 Å². The number of aliphatic hydroxyl groups is 1. The van der Waals surface area contributed by atoms with Crippen molar-refractivity contribution in [3.8, 4) is 0 Å². The maximum Gasteiger partial charge on any atom is 0.472 e. The van der Waals surface area contributed by atoms with Crippen LogP contribution < -0.4 is 5.73 Å². The molecule has 0 rings (SSSR count). The lowest BCUT2D eigenvalue weighted by molar-refractivity contribution is -0.147. The van der Waals surface area contributed by atoms with Crippen molar-refractivity contribution in [2.24, 2.45) is 5.73 Å². The number of phosphoric acid groups is 1. The van der Waals surface area contributed by atoms with Gasteiger partial charge in [-0.1, -0.05) is 55.5 Å². The summed E-state index contributed by atoms with van der Waals surface area (Å²) in [6.07, 6.45) is 22.5. The molecule has 184 valence electrons. The summed E-state index contributed by atoms with van der Waals surface area (Å²) >= 11 is 0. The zero-order valence-corrected chi connectivity index (χ0v) is 20.0. The van der Waals surface area contributed by atoms with Crippen LogP contribution >= 0.6 is 7.82 Å². The molecule has 0 bridgehead atoms. The van der Waals surface area contributed by atoms with Gasteiger partial charge < -0.3 is 20.5 Å². The molecule has 0 saturated carbocycles. The Morgan fingerprint density at radius 3 is 2.12 bits per heavy atom. The summed E-state index contributed by atoms with van der Waals surface area (Å²) in [6.45, 7) is 1.25. The molecule has 9 heteroatoms. The van der Waals surface area contributed by atoms with E-state index in [4.69, 9.17) is 10.5 Å². The number of unbranched alkanes of at least 4 members (excludes halogenated alkanes) is 2. The second kappa shape index (κ2) is 21.3. The first-order chi connectivity index (χ1) is 15.4. The van der Waals surface area contributed by atoms with Gasteiger partial charge in [0.15, 0.2) is 0 Å². The monoisotopic (exact) mass is 473 g/mol. The van der Waals surface area contributed by atoms with E-state index in [-0.39, 0.29) is 26.2 Å². The van der Waals surface area contributed by atoms with Crippen molar-refractivity contribution in [3.63, 3.8) is 0 Å². The molecule has 0 amide bonds. The van der Waals surface area contributed by atoms with Gasteiger partial charge in [0.05, 0.1) is 13.2 Å². The second-order valence-electron chi connectivity index (χ2n) is 6.97. The molecular formula is C23H40NO7P. The van der Waals surface area contributed by atoms with Crippen LogP contribution in [0.4, 0.5) is 0 Å². The van der Waals surface area contributed by atoms with Crippen molar-refractivity contribution < 1.29 is 33.1 Å². The largest absolute Gasteiger partial charge is 0.472 e. The number of ether oxygens (including phenoxy) is 1. The zero-order valence-electron chi connectivity index (χ0n) is 19.1. The lowest BCUT2D eigenvalue weighted by atomic mass is 10.2. The zero-order chi connectivity index (χ0) is 23.9. The van der Waals surface area contributed by atoms with Crippen LogP contribution in [0.3, 0.4) is 0 Å². The van der Waals surface area contributed by atoms with Gasteiger partial charge in [-0.2, -0.15) is 0 Å². The summed E-state index contributed by atoms with van der Waals surface area (Å²) in [4.78, 5) is 21.0. The predicted molar refractivity (Wildman–Crippen MR) is 127 cm³/mol. The predicted octanol–water partition coefficient (Wildman–Crippen LogP) is 4.35. The van der Waals surface area contributed by atoms with Gasteiger partial charge >= 0.3 is 13.8 Å². The Bertz CT molecular complexity index is 632. The van der Waals surface area contributed by atoms with E-state index in [0.29, 0.717) is 6.42 Å². The third-order valence-corrected chi connectivity index (χ3v) is 4.94. The van der Waals surface area contributed by atoms with Gasteiger partial charge in [-0.25, -0.2) is 4.57 Å². The summed E-state index contributed by atoms with van der Waals surface area (Å²) in [7, 11) is -4.25. The van der Waals surface area contributed by atoms with Crippen molar-refractivity contribution in [2.75, 3.05) is 26.4 Å². The fourth-order valence-electron chi connectivity index (χ4n) is 2.32. The van der Waals surface area contributed by atoms with Crippen molar-refractivity contribution in [2.45, 2.75) is 64.4 Å². The Kier molecular flexibility index (Phi) is 20.3. The molecule has 0 spiro atoms. The fourth-order valence-corrected chi connectivity index (χ4v) is 3.10. The maximum absolute atomic E-state index is 11.7. The molecule has 4 N–H and O–H groups in total. The van der Waals surface area contributed by atoms with Gasteiger partial charge in [0.25, 0.3) is 0 Å². The summed E-state index contributed by atoms with van der Waals surface area (Å²) in [5.41, 5.74) is 5.16. The molecule has 0 aromatic rings. The number of rotatable bonds is 20. The molecule has 2 atom stereocenters. The van der Waals surface area contributed by atoms with Gasteiger partial charge in [0.1, 0.15) is 12.7 Å². The number of esters is 1. The van der Waals surface area contributed by atoms with Crippen LogP contribution in [0.15, 0.2) is 48.6 Å². The first-order valence-electron chi connectivity index (χ1n) is 11.2. The highest BCUT2D eigenvalue weighted by Crippen LogP contribution is 2.42. The standard InChI is InChI=1S/C23H40NO7P/c1-2-3-4-5-6-7-8-9-10-11-12-13-14-15-16-17-23(26)29-20-22(25)21-31-32(27,28)30-19-18-24/h3-4,6-7,9-10,12-13,22,25H,2,5,8,11,14-21,24H2,1H3,(H,27,28)/b4-3+,7-6+,10-9+,13-12+/t22-/m1/s1. The second-order valence-corrected chi connectivity index (χ2v) is 8.42. The Morgan fingerprint density at radius 2 is 1.53 bits per heavy atom. The number of hydrogen-bond acceptors (Lipinski definition) is 7. The minimum absolute atomic E-state index is 0.0658. The van der Waals surface area contributed by atoms with Crippen molar-refractivity contribution in [1.29, 1.82) is 0 Å². The van der Waals surface area contributed by atoms with Gasteiger partial charge in [-0.15, -0.1) is 0 Å². The molecule has 0 aromatic heterocycles. The van der Waals surface area contributed by atoms with Gasteiger partial charge in [0, 0.05) is 13.0 Å². The lowest BCUT2D eigenvalue weighted by Crippen LogP contribution is -2.23. The average molecular weight is 474 g/mol. The number of nitrogens with two attached hydrogens (primary N) is 1. The van der Waals surface area contributed by atoms with E-state index in [1.165, 1.54) is 0 Å². The summed E-state index contributed by atoms with van der Waals surface area (Å²) in [5.74, 6) is -0.430. The number of aliphatic hydroxyl groups excluding tert-OH is 1. The Morgan fingerprint density at radius 1 is 0.938 bits per heavy atom. The third-order valence-electron chi connectivity index (χ3n) is 3.96. The smallest absolute Gasteiger partial charge is 0.463 e. The number of carbonyl (C=O) groups excluding carboxylic acids is 1.